The van der Waals surface area contributed by atoms with E-state index in [-0.39, 0.29) is 0 Å². The molecule has 0 radical (unpaired) electrons. The van der Waals surface area contributed by atoms with Gasteiger partial charge in [-0.05, 0) is 41.3 Å². The second-order valence-electron chi connectivity index (χ2n) is 7.35. The molecule has 4 aromatic carbocycles. The highest BCUT2D eigenvalue weighted by Crippen LogP contribution is 2.35. The zero-order valence-electron chi connectivity index (χ0n) is 16.0. The van der Waals surface area contributed by atoms with Crippen LogP contribution in [0.3, 0.4) is 0 Å². The van der Waals surface area contributed by atoms with Crippen molar-refractivity contribution in [2.75, 3.05) is 5.01 Å². The summed E-state index contributed by atoms with van der Waals surface area (Å²) in [6, 6.07) is 31.3. The number of hydrogen-bond donors (Lipinski definition) is 0. The molecule has 0 saturated heterocycles. The Bertz CT molecular complexity index is 1420. The van der Waals surface area contributed by atoms with Gasteiger partial charge in [0.2, 0.25) is 5.95 Å². The van der Waals surface area contributed by atoms with Crippen LogP contribution in [-0.2, 0) is 6.54 Å². The highest BCUT2D eigenvalue weighted by Gasteiger charge is 2.26. The van der Waals surface area contributed by atoms with Crippen LogP contribution in [0.1, 0.15) is 5.56 Å². The molecule has 4 nitrogen and oxygen atoms in total. The summed E-state index contributed by atoms with van der Waals surface area (Å²) < 4.78 is 3.32. The molecule has 30 heavy (non-hydrogen) atoms. The molecule has 0 fully saturated rings. The van der Waals surface area contributed by atoms with Gasteiger partial charge in [-0.2, -0.15) is 10.1 Å². The van der Waals surface area contributed by atoms with E-state index in [9.17, 15) is 0 Å². The smallest absolute Gasteiger partial charge is 0.232 e. The lowest BCUT2D eigenvalue weighted by atomic mass is 10.1. The molecule has 0 spiro atoms. The minimum Gasteiger partial charge on any atom is -0.302 e. The predicted octanol–water partition coefficient (Wildman–Crippen LogP) is 6.51. The van der Waals surface area contributed by atoms with Gasteiger partial charge in [-0.25, -0.2) is 4.98 Å². The minimum absolute atomic E-state index is 0.676. The number of aromatic nitrogens is 2. The van der Waals surface area contributed by atoms with Gasteiger partial charge < -0.3 is 4.57 Å². The highest BCUT2D eigenvalue weighted by atomic mass is 79.9. The molecule has 1 aliphatic rings. The van der Waals surface area contributed by atoms with Gasteiger partial charge in [-0.3, -0.25) is 0 Å². The maximum Gasteiger partial charge on any atom is 0.232 e. The third-order valence-electron chi connectivity index (χ3n) is 5.52. The molecule has 0 N–H and O–H groups in total. The van der Waals surface area contributed by atoms with Gasteiger partial charge in [0.15, 0.2) is 0 Å². The summed E-state index contributed by atoms with van der Waals surface area (Å²) in [7, 11) is 0. The Labute approximate surface area is 182 Å². The Morgan fingerprint density at radius 2 is 1.53 bits per heavy atom. The Morgan fingerprint density at radius 1 is 0.767 bits per heavy atom. The number of fused-ring (bicyclic) bond motifs is 5. The topological polar surface area (TPSA) is 33.4 Å². The van der Waals surface area contributed by atoms with Crippen molar-refractivity contribution in [3.8, 4) is 0 Å². The molecule has 5 aromatic rings. The van der Waals surface area contributed by atoms with Crippen molar-refractivity contribution in [3.63, 3.8) is 0 Å². The number of nitrogens with zero attached hydrogens (tertiary/aromatic N) is 4. The zero-order chi connectivity index (χ0) is 20.1. The van der Waals surface area contributed by atoms with Gasteiger partial charge in [-0.1, -0.05) is 76.6 Å². The molecule has 5 heteroatoms. The number of imidazole rings is 1. The van der Waals surface area contributed by atoms with E-state index in [0.717, 1.165) is 43.8 Å². The van der Waals surface area contributed by atoms with E-state index in [4.69, 9.17) is 10.1 Å². The van der Waals surface area contributed by atoms with Crippen molar-refractivity contribution in [3.05, 3.63) is 101 Å². The maximum absolute atomic E-state index is 5.06. The Kier molecular flexibility index (Phi) is 3.96. The monoisotopic (exact) mass is 452 g/mol. The molecule has 0 saturated carbocycles. The Balaban J connectivity index is 1.60. The van der Waals surface area contributed by atoms with Gasteiger partial charge in [0.05, 0.1) is 29.0 Å². The van der Waals surface area contributed by atoms with E-state index in [0.29, 0.717) is 6.54 Å². The van der Waals surface area contributed by atoms with E-state index in [1.807, 2.05) is 23.2 Å². The van der Waals surface area contributed by atoms with Crippen LogP contribution in [0.15, 0.2) is 101 Å². The number of hydrazone groups is 1. The van der Waals surface area contributed by atoms with Gasteiger partial charge in [0.25, 0.3) is 0 Å². The summed E-state index contributed by atoms with van der Waals surface area (Å²) in [5.74, 6) is 0.841. The summed E-state index contributed by atoms with van der Waals surface area (Å²) in [4.78, 5) is 5.06. The summed E-state index contributed by atoms with van der Waals surface area (Å²) in [5.41, 5.74) is 5.23. The van der Waals surface area contributed by atoms with Gasteiger partial charge in [-0.15, -0.1) is 0 Å². The lowest BCUT2D eigenvalue weighted by Gasteiger charge is -2.26. The maximum atomic E-state index is 5.06. The molecule has 144 valence electrons. The molecule has 0 amide bonds. The Hall–Kier alpha value is -3.44. The first-order chi connectivity index (χ1) is 14.8. The summed E-state index contributed by atoms with van der Waals surface area (Å²) in [6.45, 7) is 0.676. The van der Waals surface area contributed by atoms with Crippen LogP contribution in [-0.4, -0.2) is 15.3 Å². The third kappa shape index (κ3) is 2.74. The molecular weight excluding hydrogens is 436 g/mol. The lowest BCUT2D eigenvalue weighted by molar-refractivity contribution is 0.801. The average Bonchev–Trinajstić information content (AvgIpc) is 3.19. The quantitative estimate of drug-likeness (QED) is 0.305. The number of benzene rings is 4. The molecule has 0 unspecified atom stereocenters. The first-order valence-electron chi connectivity index (χ1n) is 9.84. The molecule has 2 heterocycles. The van der Waals surface area contributed by atoms with E-state index in [1.54, 1.807) is 0 Å². The van der Waals surface area contributed by atoms with E-state index in [1.165, 1.54) is 5.39 Å². The van der Waals surface area contributed by atoms with E-state index in [2.05, 4.69) is 93.3 Å². The molecule has 0 bridgehead atoms. The number of rotatable bonds is 2. The minimum atomic E-state index is 0.676. The van der Waals surface area contributed by atoms with Crippen LogP contribution in [0.4, 0.5) is 11.6 Å². The first kappa shape index (κ1) is 17.4. The second kappa shape index (κ2) is 6.82. The van der Waals surface area contributed by atoms with Crippen LogP contribution in [0.2, 0.25) is 0 Å². The predicted molar refractivity (Wildman–Crippen MR) is 126 cm³/mol. The van der Waals surface area contributed by atoms with Crippen LogP contribution >= 0.6 is 15.9 Å². The highest BCUT2D eigenvalue weighted by molar-refractivity contribution is 9.10. The SMILES string of the molecule is Brc1ccc(C2=NN(c3ccccc3)c3nc4c5ccccc5ccc4n3C2)cc1. The molecule has 0 atom stereocenters. The van der Waals surface area contributed by atoms with Crippen LogP contribution < -0.4 is 5.01 Å². The molecular formula is C25H17BrN4. The second-order valence-corrected chi connectivity index (χ2v) is 8.27. The lowest BCUT2D eigenvalue weighted by Crippen LogP contribution is -2.27. The van der Waals surface area contributed by atoms with Crippen LogP contribution in [0.25, 0.3) is 21.8 Å². The van der Waals surface area contributed by atoms with Gasteiger partial charge in [0.1, 0.15) is 0 Å². The first-order valence-corrected chi connectivity index (χ1v) is 10.6. The zero-order valence-corrected chi connectivity index (χ0v) is 17.6. The fourth-order valence-corrected chi connectivity index (χ4v) is 4.31. The number of anilines is 2. The number of halogens is 1. The van der Waals surface area contributed by atoms with Crippen molar-refractivity contribution in [2.45, 2.75) is 6.54 Å². The Morgan fingerprint density at radius 3 is 2.37 bits per heavy atom. The molecule has 1 aliphatic heterocycles. The van der Waals surface area contributed by atoms with E-state index >= 15 is 0 Å². The van der Waals surface area contributed by atoms with Crippen molar-refractivity contribution in [2.24, 2.45) is 5.10 Å². The standard InChI is InChI=1S/C25H17BrN4/c26-19-13-10-18(11-14-19)22-16-29-23-15-12-17-6-4-5-9-21(17)24(23)27-25(29)30(28-22)20-7-2-1-3-8-20/h1-15H,16H2. The number of para-hydroxylation sites is 1. The van der Waals surface area contributed by atoms with Gasteiger partial charge in [0, 0.05) is 9.86 Å². The van der Waals surface area contributed by atoms with Crippen molar-refractivity contribution in [1.82, 2.24) is 9.55 Å². The van der Waals surface area contributed by atoms with Crippen LogP contribution in [0, 0.1) is 0 Å². The fourth-order valence-electron chi connectivity index (χ4n) is 4.05. The normalized spacial score (nSPS) is 13.5. The van der Waals surface area contributed by atoms with Crippen molar-refractivity contribution >= 4 is 55.1 Å². The summed E-state index contributed by atoms with van der Waals surface area (Å²) in [6.07, 6.45) is 0. The number of hydrogen-bond acceptors (Lipinski definition) is 3. The van der Waals surface area contributed by atoms with Crippen molar-refractivity contribution in [1.29, 1.82) is 0 Å². The third-order valence-corrected chi connectivity index (χ3v) is 6.05. The summed E-state index contributed by atoms with van der Waals surface area (Å²) in [5, 5.41) is 9.33. The fraction of sp³-hybridized carbons (Fsp3) is 0.0400. The molecule has 1 aromatic heterocycles. The largest absolute Gasteiger partial charge is 0.302 e. The van der Waals surface area contributed by atoms with Gasteiger partial charge >= 0.3 is 0 Å². The molecule has 0 aliphatic carbocycles. The molecule has 6 rings (SSSR count). The van der Waals surface area contributed by atoms with E-state index < -0.39 is 0 Å². The van der Waals surface area contributed by atoms with Crippen LogP contribution in [0.5, 0.6) is 0 Å². The average molecular weight is 453 g/mol. The summed E-state index contributed by atoms with van der Waals surface area (Å²) >= 11 is 3.53. The van der Waals surface area contributed by atoms with Crippen molar-refractivity contribution < 1.29 is 0 Å².